The number of nitrogens with one attached hydrogen (secondary N) is 2. The molecule has 0 atom stereocenters. The van der Waals surface area contributed by atoms with Crippen LogP contribution in [0, 0.1) is 18.8 Å². The van der Waals surface area contributed by atoms with Crippen molar-refractivity contribution in [3.8, 4) is 5.75 Å². The second kappa shape index (κ2) is 18.6. The summed E-state index contributed by atoms with van der Waals surface area (Å²) in [6.45, 7) is 18.1. The highest BCUT2D eigenvalue weighted by Crippen LogP contribution is 2.29. The number of hydrogen-bond acceptors (Lipinski definition) is 5. The summed E-state index contributed by atoms with van der Waals surface area (Å²) in [7, 11) is 0. The zero-order valence-corrected chi connectivity index (χ0v) is 24.9. The lowest BCUT2D eigenvalue weighted by Crippen LogP contribution is -2.49. The molecular weight excluding hydrogens is 480 g/mol. The van der Waals surface area contributed by atoms with Gasteiger partial charge in [-0.25, -0.2) is 4.79 Å². The molecule has 0 bridgehead atoms. The molecule has 3 fully saturated rings. The monoisotopic (exact) mass is 532 g/mol. The minimum Gasteiger partial charge on any atom is -0.484 e. The van der Waals surface area contributed by atoms with E-state index in [1.165, 1.54) is 19.3 Å². The standard InChI is InChI=1S/C24H34N4O4.3C2H6/c1-17-2-3-20(15-21(17)28-13-8-22(29)26-24(28)31)32-16-23(30)27-11-6-19(7-12-27)14-18-4-9-25-10-5-18;3*1-2/h2-3,15,18-19,25H,4-14,16H2,1H3,(H,26,29,31);3*1-2H3. The fourth-order valence-corrected chi connectivity index (χ4v) is 5.01. The Morgan fingerprint density at radius 2 is 1.53 bits per heavy atom. The van der Waals surface area contributed by atoms with Gasteiger partial charge in [-0.1, -0.05) is 47.6 Å². The molecule has 3 heterocycles. The molecule has 0 aliphatic carbocycles. The van der Waals surface area contributed by atoms with Crippen molar-refractivity contribution in [3.05, 3.63) is 23.8 Å². The van der Waals surface area contributed by atoms with Crippen molar-refractivity contribution in [2.45, 2.75) is 87.0 Å². The summed E-state index contributed by atoms with van der Waals surface area (Å²) in [5.41, 5.74) is 1.60. The molecule has 0 aromatic heterocycles. The van der Waals surface area contributed by atoms with E-state index in [0.717, 1.165) is 56.4 Å². The number of nitrogens with zero attached hydrogens (tertiary/aromatic N) is 2. The van der Waals surface area contributed by atoms with E-state index >= 15 is 0 Å². The Labute approximate surface area is 230 Å². The van der Waals surface area contributed by atoms with Crippen LogP contribution in [-0.4, -0.2) is 62.1 Å². The van der Waals surface area contributed by atoms with Crippen molar-refractivity contribution in [1.29, 1.82) is 0 Å². The first-order valence-corrected chi connectivity index (χ1v) is 14.8. The third-order valence-corrected chi connectivity index (χ3v) is 6.98. The summed E-state index contributed by atoms with van der Waals surface area (Å²) in [5, 5.41) is 5.77. The number of benzene rings is 1. The Bertz CT molecular complexity index is 847. The molecule has 1 aromatic carbocycles. The average Bonchev–Trinajstić information content (AvgIpc) is 2.97. The molecule has 8 heteroatoms. The molecule has 3 aliphatic heterocycles. The Hall–Kier alpha value is -2.61. The molecule has 0 unspecified atom stereocenters. The van der Waals surface area contributed by atoms with E-state index in [1.54, 1.807) is 11.0 Å². The van der Waals surface area contributed by atoms with Crippen molar-refractivity contribution in [2.75, 3.05) is 44.2 Å². The molecular formula is C30H52N4O4. The van der Waals surface area contributed by atoms with Gasteiger partial charge >= 0.3 is 6.03 Å². The van der Waals surface area contributed by atoms with Gasteiger partial charge < -0.3 is 15.0 Å². The van der Waals surface area contributed by atoms with Crippen molar-refractivity contribution in [1.82, 2.24) is 15.5 Å². The molecule has 216 valence electrons. The van der Waals surface area contributed by atoms with Gasteiger partial charge in [-0.2, -0.15) is 0 Å². The predicted octanol–water partition coefficient (Wildman–Crippen LogP) is 5.53. The summed E-state index contributed by atoms with van der Waals surface area (Å²) in [4.78, 5) is 39.7. The average molecular weight is 533 g/mol. The van der Waals surface area contributed by atoms with Crippen molar-refractivity contribution in [3.63, 3.8) is 0 Å². The maximum absolute atomic E-state index is 12.7. The van der Waals surface area contributed by atoms with Crippen molar-refractivity contribution in [2.24, 2.45) is 11.8 Å². The maximum Gasteiger partial charge on any atom is 0.328 e. The quantitative estimate of drug-likeness (QED) is 0.503. The van der Waals surface area contributed by atoms with Crippen LogP contribution in [0.3, 0.4) is 0 Å². The lowest BCUT2D eigenvalue weighted by Gasteiger charge is -2.34. The van der Waals surface area contributed by atoms with Gasteiger partial charge in [-0.05, 0) is 75.6 Å². The third-order valence-electron chi connectivity index (χ3n) is 6.98. The molecule has 3 aliphatic rings. The molecule has 0 spiro atoms. The van der Waals surface area contributed by atoms with Crippen LogP contribution in [0.15, 0.2) is 18.2 Å². The molecule has 4 amide bonds. The van der Waals surface area contributed by atoms with Gasteiger partial charge in [-0.3, -0.25) is 19.8 Å². The van der Waals surface area contributed by atoms with E-state index < -0.39 is 6.03 Å². The highest BCUT2D eigenvalue weighted by molar-refractivity contribution is 6.06. The second-order valence-electron chi connectivity index (χ2n) is 9.25. The Balaban J connectivity index is 0.00000112. The minimum absolute atomic E-state index is 0.00779. The summed E-state index contributed by atoms with van der Waals surface area (Å²) in [6, 6.07) is 5.02. The molecule has 0 saturated carbocycles. The van der Waals surface area contributed by atoms with E-state index in [0.29, 0.717) is 18.0 Å². The highest BCUT2D eigenvalue weighted by Gasteiger charge is 2.27. The number of rotatable bonds is 6. The van der Waals surface area contributed by atoms with Crippen LogP contribution in [0.1, 0.15) is 85.6 Å². The van der Waals surface area contributed by atoms with E-state index in [-0.39, 0.29) is 24.8 Å². The molecule has 1 aromatic rings. The van der Waals surface area contributed by atoms with Gasteiger partial charge in [0.2, 0.25) is 5.91 Å². The van der Waals surface area contributed by atoms with Crippen molar-refractivity contribution >= 4 is 23.5 Å². The smallest absolute Gasteiger partial charge is 0.328 e. The molecule has 4 rings (SSSR count). The molecule has 3 saturated heterocycles. The third kappa shape index (κ3) is 10.3. The maximum atomic E-state index is 12.7. The summed E-state index contributed by atoms with van der Waals surface area (Å²) >= 11 is 0. The van der Waals surface area contributed by atoms with Gasteiger partial charge in [0.05, 0.1) is 5.69 Å². The summed E-state index contributed by atoms with van der Waals surface area (Å²) < 4.78 is 5.79. The van der Waals surface area contributed by atoms with Crippen LogP contribution in [0.2, 0.25) is 0 Å². The number of likely N-dealkylation sites (tertiary alicyclic amines) is 1. The number of anilines is 1. The van der Waals surface area contributed by atoms with E-state index in [2.05, 4.69) is 10.6 Å². The van der Waals surface area contributed by atoms with Gasteiger partial charge in [-0.15, -0.1) is 0 Å². The molecule has 2 N–H and O–H groups in total. The SMILES string of the molecule is CC.CC.CC.Cc1ccc(OCC(=O)N2CCC(CC3CCNCC3)CC2)cc1N1CCC(=O)NC1=O. The molecule has 38 heavy (non-hydrogen) atoms. The number of imide groups is 1. The molecule has 0 radical (unpaired) electrons. The zero-order valence-electron chi connectivity index (χ0n) is 24.9. The lowest BCUT2D eigenvalue weighted by molar-refractivity contribution is -0.134. The van der Waals surface area contributed by atoms with Gasteiger partial charge in [0.15, 0.2) is 6.61 Å². The van der Waals surface area contributed by atoms with Crippen LogP contribution in [0.25, 0.3) is 0 Å². The summed E-state index contributed by atoms with van der Waals surface area (Å²) in [5.74, 6) is 1.85. The predicted molar refractivity (Wildman–Crippen MR) is 156 cm³/mol. The number of urea groups is 1. The highest BCUT2D eigenvalue weighted by atomic mass is 16.5. The number of amides is 4. The zero-order chi connectivity index (χ0) is 28.5. The summed E-state index contributed by atoms with van der Waals surface area (Å²) in [6.07, 6.45) is 6.27. The fraction of sp³-hybridized carbons (Fsp3) is 0.700. The van der Waals surface area contributed by atoms with Crippen LogP contribution in [0.5, 0.6) is 5.75 Å². The number of piperidine rings is 2. The number of aryl methyl sites for hydroxylation is 1. The fourth-order valence-electron chi connectivity index (χ4n) is 5.01. The normalized spacial score (nSPS) is 18.1. The minimum atomic E-state index is -0.426. The van der Waals surface area contributed by atoms with E-state index in [4.69, 9.17) is 4.74 Å². The number of ether oxygens (including phenoxy) is 1. The Morgan fingerprint density at radius 3 is 2.13 bits per heavy atom. The largest absolute Gasteiger partial charge is 0.484 e. The van der Waals surface area contributed by atoms with Gasteiger partial charge in [0, 0.05) is 32.1 Å². The van der Waals surface area contributed by atoms with Crippen LogP contribution < -0.4 is 20.3 Å². The first-order chi connectivity index (χ1) is 18.5. The van der Waals surface area contributed by atoms with Gasteiger partial charge in [0.1, 0.15) is 5.75 Å². The topological polar surface area (TPSA) is 91.0 Å². The number of hydrogen-bond donors (Lipinski definition) is 2. The number of carbonyl (C=O) groups is 3. The van der Waals surface area contributed by atoms with Crippen LogP contribution in [0.4, 0.5) is 10.5 Å². The van der Waals surface area contributed by atoms with Crippen molar-refractivity contribution < 1.29 is 19.1 Å². The first kappa shape index (κ1) is 33.4. The number of carbonyl (C=O) groups excluding carboxylic acids is 3. The first-order valence-electron chi connectivity index (χ1n) is 14.8. The van der Waals surface area contributed by atoms with Crippen LogP contribution >= 0.6 is 0 Å². The molecule has 8 nitrogen and oxygen atoms in total. The van der Waals surface area contributed by atoms with Crippen LogP contribution in [-0.2, 0) is 9.59 Å². The Kier molecular flexibility index (Phi) is 16.4. The Morgan fingerprint density at radius 1 is 0.921 bits per heavy atom. The van der Waals surface area contributed by atoms with E-state index in [1.807, 2.05) is 65.5 Å². The van der Waals surface area contributed by atoms with E-state index in [9.17, 15) is 14.4 Å². The lowest BCUT2D eigenvalue weighted by atomic mass is 9.83. The van der Waals surface area contributed by atoms with Gasteiger partial charge in [0.25, 0.3) is 5.91 Å². The second-order valence-corrected chi connectivity index (χ2v) is 9.25.